The molecule has 3 aromatic rings. The molecule has 1 aromatic carbocycles. The Labute approximate surface area is 119 Å². The number of nitrogens with zero attached hydrogens (tertiary/aromatic N) is 2. The van der Waals surface area contributed by atoms with Gasteiger partial charge in [0.05, 0.1) is 0 Å². The molecule has 0 spiro atoms. The third-order valence-corrected chi connectivity index (χ3v) is 3.78. The van der Waals surface area contributed by atoms with Crippen LogP contribution in [0.15, 0.2) is 35.7 Å². The predicted molar refractivity (Wildman–Crippen MR) is 77.9 cm³/mol. The summed E-state index contributed by atoms with van der Waals surface area (Å²) in [4.78, 5) is 9.57. The van der Waals surface area contributed by atoms with Crippen molar-refractivity contribution in [3.63, 3.8) is 0 Å². The molecule has 3 rings (SSSR count). The number of thiophene rings is 1. The summed E-state index contributed by atoms with van der Waals surface area (Å²) in [6, 6.07) is 9.80. The fourth-order valence-corrected chi connectivity index (χ4v) is 2.87. The van der Waals surface area contributed by atoms with E-state index in [0.717, 1.165) is 21.5 Å². The molecule has 0 saturated heterocycles. The Balaban J connectivity index is 1.81. The molecule has 0 fully saturated rings. The molecular weight excluding hydrogens is 280 g/mol. The van der Waals surface area contributed by atoms with Crippen LogP contribution in [0.3, 0.4) is 0 Å². The molecule has 0 aliphatic carbocycles. The summed E-state index contributed by atoms with van der Waals surface area (Å²) >= 11 is 7.66. The van der Waals surface area contributed by atoms with Crippen LogP contribution in [0, 0.1) is 6.92 Å². The van der Waals surface area contributed by atoms with Gasteiger partial charge in [-0.05, 0) is 36.1 Å². The molecule has 0 bridgehead atoms. The van der Waals surface area contributed by atoms with Gasteiger partial charge < -0.3 is 4.74 Å². The molecule has 0 amide bonds. The lowest BCUT2D eigenvalue weighted by Gasteiger charge is -2.06. The quantitative estimate of drug-likeness (QED) is 0.677. The largest absolute Gasteiger partial charge is 0.486 e. The SMILES string of the molecule is Cc1cccc(OCc2nc(Cl)c3ccsc3n2)c1. The van der Waals surface area contributed by atoms with Gasteiger partial charge in [0.2, 0.25) is 0 Å². The van der Waals surface area contributed by atoms with E-state index >= 15 is 0 Å². The maximum absolute atomic E-state index is 6.11. The number of aromatic nitrogens is 2. The topological polar surface area (TPSA) is 35.0 Å². The van der Waals surface area contributed by atoms with Gasteiger partial charge in [-0.15, -0.1) is 11.3 Å². The predicted octanol–water partition coefficient (Wildman–Crippen LogP) is 4.23. The number of rotatable bonds is 3. The van der Waals surface area contributed by atoms with Gasteiger partial charge in [-0.2, -0.15) is 0 Å². The zero-order valence-corrected chi connectivity index (χ0v) is 11.8. The Morgan fingerprint density at radius 3 is 3.00 bits per heavy atom. The third kappa shape index (κ3) is 2.69. The standard InChI is InChI=1S/C14H11ClN2OS/c1-9-3-2-4-10(7-9)18-8-12-16-13(15)11-5-6-19-14(11)17-12/h2-7H,8H2,1H3. The van der Waals surface area contributed by atoms with Crippen molar-refractivity contribution in [2.24, 2.45) is 0 Å². The highest BCUT2D eigenvalue weighted by Crippen LogP contribution is 2.25. The van der Waals surface area contributed by atoms with E-state index in [1.54, 1.807) is 11.3 Å². The van der Waals surface area contributed by atoms with Crippen molar-refractivity contribution in [1.29, 1.82) is 0 Å². The molecule has 0 N–H and O–H groups in total. The maximum Gasteiger partial charge on any atom is 0.169 e. The van der Waals surface area contributed by atoms with Crippen molar-refractivity contribution < 1.29 is 4.74 Å². The molecule has 19 heavy (non-hydrogen) atoms. The van der Waals surface area contributed by atoms with Crippen molar-refractivity contribution in [1.82, 2.24) is 9.97 Å². The minimum atomic E-state index is 0.316. The van der Waals surface area contributed by atoms with Gasteiger partial charge in [0.25, 0.3) is 0 Å². The summed E-state index contributed by atoms with van der Waals surface area (Å²) in [5.41, 5.74) is 1.16. The minimum Gasteiger partial charge on any atom is -0.486 e. The lowest BCUT2D eigenvalue weighted by molar-refractivity contribution is 0.296. The van der Waals surface area contributed by atoms with Crippen LogP contribution in [0.25, 0.3) is 10.2 Å². The number of fused-ring (bicyclic) bond motifs is 1. The monoisotopic (exact) mass is 290 g/mol. The Kier molecular flexibility index (Phi) is 3.36. The lowest BCUT2D eigenvalue weighted by atomic mass is 10.2. The van der Waals surface area contributed by atoms with Crippen LogP contribution in [-0.4, -0.2) is 9.97 Å². The normalized spacial score (nSPS) is 10.8. The number of ether oxygens (including phenoxy) is 1. The van der Waals surface area contributed by atoms with E-state index in [4.69, 9.17) is 16.3 Å². The lowest BCUT2D eigenvalue weighted by Crippen LogP contribution is -2.01. The van der Waals surface area contributed by atoms with Gasteiger partial charge in [0, 0.05) is 5.39 Å². The summed E-state index contributed by atoms with van der Waals surface area (Å²) in [7, 11) is 0. The fraction of sp³-hybridized carbons (Fsp3) is 0.143. The zero-order chi connectivity index (χ0) is 13.2. The van der Waals surface area contributed by atoms with Crippen LogP contribution in [0.2, 0.25) is 5.15 Å². The fourth-order valence-electron chi connectivity index (χ4n) is 1.78. The summed E-state index contributed by atoms with van der Waals surface area (Å²) < 4.78 is 5.67. The maximum atomic E-state index is 6.11. The number of hydrogen-bond acceptors (Lipinski definition) is 4. The molecular formula is C14H11ClN2OS. The number of benzene rings is 1. The molecule has 5 heteroatoms. The van der Waals surface area contributed by atoms with Gasteiger partial charge in [0.1, 0.15) is 22.3 Å². The summed E-state index contributed by atoms with van der Waals surface area (Å²) in [5.74, 6) is 1.41. The molecule has 3 nitrogen and oxygen atoms in total. The second-order valence-electron chi connectivity index (χ2n) is 4.18. The van der Waals surface area contributed by atoms with Crippen molar-refractivity contribution in [3.8, 4) is 5.75 Å². The second kappa shape index (κ2) is 5.15. The first-order chi connectivity index (χ1) is 9.22. The number of halogens is 1. The molecule has 2 heterocycles. The van der Waals surface area contributed by atoms with E-state index in [2.05, 4.69) is 9.97 Å². The summed E-state index contributed by atoms with van der Waals surface area (Å²) in [6.07, 6.45) is 0. The summed E-state index contributed by atoms with van der Waals surface area (Å²) in [6.45, 7) is 2.34. The van der Waals surface area contributed by atoms with Crippen LogP contribution in [0.5, 0.6) is 5.75 Å². The first-order valence-corrected chi connectivity index (χ1v) is 7.07. The van der Waals surface area contributed by atoms with Gasteiger partial charge in [0.15, 0.2) is 5.82 Å². The van der Waals surface area contributed by atoms with Crippen molar-refractivity contribution in [2.45, 2.75) is 13.5 Å². The van der Waals surface area contributed by atoms with Gasteiger partial charge in [-0.3, -0.25) is 0 Å². The van der Waals surface area contributed by atoms with Crippen LogP contribution in [-0.2, 0) is 6.61 Å². The average molecular weight is 291 g/mol. The van der Waals surface area contributed by atoms with E-state index < -0.39 is 0 Å². The number of aryl methyl sites for hydroxylation is 1. The molecule has 0 atom stereocenters. The third-order valence-electron chi connectivity index (χ3n) is 2.68. The molecule has 0 radical (unpaired) electrons. The van der Waals surface area contributed by atoms with Gasteiger partial charge in [-0.1, -0.05) is 23.7 Å². The smallest absolute Gasteiger partial charge is 0.169 e. The Hall–Kier alpha value is -1.65. The van der Waals surface area contributed by atoms with Crippen LogP contribution in [0.1, 0.15) is 11.4 Å². The summed E-state index contributed by atoms with van der Waals surface area (Å²) in [5, 5.41) is 3.33. The van der Waals surface area contributed by atoms with Crippen molar-refractivity contribution in [3.05, 3.63) is 52.3 Å². The molecule has 96 valence electrons. The van der Waals surface area contributed by atoms with Crippen LogP contribution in [0.4, 0.5) is 0 Å². The van der Waals surface area contributed by atoms with Crippen molar-refractivity contribution in [2.75, 3.05) is 0 Å². The molecule has 0 aliphatic heterocycles. The van der Waals surface area contributed by atoms with Crippen molar-refractivity contribution >= 4 is 33.2 Å². The first-order valence-electron chi connectivity index (χ1n) is 5.81. The van der Waals surface area contributed by atoms with E-state index in [-0.39, 0.29) is 0 Å². The first kappa shape index (κ1) is 12.4. The van der Waals surface area contributed by atoms with Gasteiger partial charge >= 0.3 is 0 Å². The zero-order valence-electron chi connectivity index (χ0n) is 10.3. The Morgan fingerprint density at radius 1 is 1.26 bits per heavy atom. The molecule has 0 aliphatic rings. The average Bonchev–Trinajstić information content (AvgIpc) is 2.85. The van der Waals surface area contributed by atoms with E-state index in [1.807, 2.05) is 42.6 Å². The highest BCUT2D eigenvalue weighted by atomic mass is 35.5. The molecule has 0 unspecified atom stereocenters. The Bertz CT molecular complexity index is 726. The molecule has 2 aromatic heterocycles. The highest BCUT2D eigenvalue weighted by Gasteiger charge is 2.07. The van der Waals surface area contributed by atoms with E-state index in [9.17, 15) is 0 Å². The molecule has 0 saturated carbocycles. The highest BCUT2D eigenvalue weighted by molar-refractivity contribution is 7.16. The van der Waals surface area contributed by atoms with E-state index in [0.29, 0.717) is 17.6 Å². The number of hydrogen-bond donors (Lipinski definition) is 0. The van der Waals surface area contributed by atoms with Gasteiger partial charge in [-0.25, -0.2) is 9.97 Å². The Morgan fingerprint density at radius 2 is 2.16 bits per heavy atom. The van der Waals surface area contributed by atoms with E-state index in [1.165, 1.54) is 0 Å². The van der Waals surface area contributed by atoms with Crippen LogP contribution < -0.4 is 4.74 Å². The minimum absolute atomic E-state index is 0.316. The second-order valence-corrected chi connectivity index (χ2v) is 5.43. The van der Waals surface area contributed by atoms with Crippen LogP contribution >= 0.6 is 22.9 Å².